The van der Waals surface area contributed by atoms with E-state index in [0.29, 0.717) is 18.2 Å². The molecule has 0 fully saturated rings. The Bertz CT molecular complexity index is 848. The van der Waals surface area contributed by atoms with Crippen molar-refractivity contribution in [2.45, 2.75) is 33.2 Å². The van der Waals surface area contributed by atoms with E-state index in [4.69, 9.17) is 0 Å². The number of hydrogen-bond acceptors (Lipinski definition) is 3. The molecule has 0 aliphatic heterocycles. The fourth-order valence-electron chi connectivity index (χ4n) is 2.79. The molecule has 0 saturated heterocycles. The number of nitrogens with zero attached hydrogens (tertiary/aromatic N) is 3. The van der Waals surface area contributed by atoms with Crippen molar-refractivity contribution in [2.24, 2.45) is 0 Å². The van der Waals surface area contributed by atoms with E-state index in [9.17, 15) is 4.79 Å². The third-order valence-corrected chi connectivity index (χ3v) is 4.14. The van der Waals surface area contributed by atoms with Crippen LogP contribution in [0.5, 0.6) is 0 Å². The van der Waals surface area contributed by atoms with Crippen molar-refractivity contribution in [1.82, 2.24) is 15.0 Å². The van der Waals surface area contributed by atoms with E-state index < -0.39 is 0 Å². The fourth-order valence-corrected chi connectivity index (χ4v) is 2.79. The summed E-state index contributed by atoms with van der Waals surface area (Å²) in [5.74, 6) is 0.509. The Kier molecular flexibility index (Phi) is 4.56. The van der Waals surface area contributed by atoms with Gasteiger partial charge in [-0.2, -0.15) is 0 Å². The molecule has 0 unspecified atom stereocenters. The third kappa shape index (κ3) is 3.27. The van der Waals surface area contributed by atoms with Gasteiger partial charge < -0.3 is 0 Å². The fraction of sp³-hybridized carbons (Fsp3) is 0.250. The molecule has 24 heavy (non-hydrogen) atoms. The molecule has 0 spiro atoms. The SMILES string of the molecule is Cc1cccc(-c2c(C=O)nnn2Cc2ccc(C(C)C)cc2)c1. The van der Waals surface area contributed by atoms with Gasteiger partial charge in [0, 0.05) is 5.56 Å². The molecule has 0 bridgehead atoms. The van der Waals surface area contributed by atoms with E-state index in [1.165, 1.54) is 5.56 Å². The second kappa shape index (κ2) is 6.79. The highest BCUT2D eigenvalue weighted by Gasteiger charge is 2.15. The molecule has 4 nitrogen and oxygen atoms in total. The van der Waals surface area contributed by atoms with E-state index in [1.54, 1.807) is 4.68 Å². The van der Waals surface area contributed by atoms with Crippen LogP contribution in [-0.4, -0.2) is 21.3 Å². The summed E-state index contributed by atoms with van der Waals surface area (Å²) in [7, 11) is 0. The molecule has 0 aliphatic carbocycles. The molecule has 122 valence electrons. The minimum Gasteiger partial charge on any atom is -0.296 e. The molecule has 0 atom stereocenters. The predicted octanol–water partition coefficient (Wildman–Crippen LogP) is 4.24. The van der Waals surface area contributed by atoms with E-state index in [2.05, 4.69) is 48.4 Å². The molecule has 3 rings (SSSR count). The highest BCUT2D eigenvalue weighted by molar-refractivity contribution is 5.83. The van der Waals surface area contributed by atoms with Crippen molar-refractivity contribution in [3.63, 3.8) is 0 Å². The average Bonchev–Trinajstić information content (AvgIpc) is 2.98. The van der Waals surface area contributed by atoms with Gasteiger partial charge in [0.25, 0.3) is 0 Å². The van der Waals surface area contributed by atoms with Gasteiger partial charge in [0.1, 0.15) is 0 Å². The molecule has 0 radical (unpaired) electrons. The first-order valence-electron chi connectivity index (χ1n) is 8.13. The lowest BCUT2D eigenvalue weighted by Gasteiger charge is -2.10. The summed E-state index contributed by atoms with van der Waals surface area (Å²) in [6.45, 7) is 6.97. The minimum absolute atomic E-state index is 0.374. The van der Waals surface area contributed by atoms with Crippen LogP contribution < -0.4 is 0 Å². The first kappa shape index (κ1) is 16.1. The number of aldehydes is 1. The van der Waals surface area contributed by atoms with Crippen LogP contribution in [0.1, 0.15) is 46.9 Å². The summed E-state index contributed by atoms with van der Waals surface area (Å²) in [4.78, 5) is 11.4. The summed E-state index contributed by atoms with van der Waals surface area (Å²) in [5, 5.41) is 8.21. The van der Waals surface area contributed by atoms with Gasteiger partial charge in [-0.15, -0.1) is 5.10 Å². The molecule has 2 aromatic carbocycles. The minimum atomic E-state index is 0.374. The lowest BCUT2D eigenvalue weighted by Crippen LogP contribution is -2.05. The highest BCUT2D eigenvalue weighted by atomic mass is 16.1. The summed E-state index contributed by atoms with van der Waals surface area (Å²) < 4.78 is 1.79. The Morgan fingerprint density at radius 1 is 1.12 bits per heavy atom. The van der Waals surface area contributed by atoms with Crippen molar-refractivity contribution in [2.75, 3.05) is 0 Å². The van der Waals surface area contributed by atoms with E-state index in [-0.39, 0.29) is 0 Å². The van der Waals surface area contributed by atoms with Gasteiger partial charge in [-0.3, -0.25) is 4.79 Å². The molecular formula is C20H21N3O. The van der Waals surface area contributed by atoms with Crippen LogP contribution in [0.3, 0.4) is 0 Å². The average molecular weight is 319 g/mol. The van der Waals surface area contributed by atoms with Crippen molar-refractivity contribution in [3.05, 3.63) is 70.9 Å². The van der Waals surface area contributed by atoms with Gasteiger partial charge in [-0.25, -0.2) is 4.68 Å². The number of aryl methyl sites for hydroxylation is 1. The number of carbonyl (C=O) groups excluding carboxylic acids is 1. The molecule has 1 aromatic heterocycles. The quantitative estimate of drug-likeness (QED) is 0.661. The molecule has 0 saturated carbocycles. The van der Waals surface area contributed by atoms with Crippen LogP contribution in [0.2, 0.25) is 0 Å². The van der Waals surface area contributed by atoms with Crippen LogP contribution in [0.4, 0.5) is 0 Å². The number of aromatic nitrogens is 3. The van der Waals surface area contributed by atoms with Gasteiger partial charge in [0.2, 0.25) is 0 Å². The van der Waals surface area contributed by atoms with Crippen LogP contribution >= 0.6 is 0 Å². The molecular weight excluding hydrogens is 298 g/mol. The van der Waals surface area contributed by atoms with E-state index >= 15 is 0 Å². The summed E-state index contributed by atoms with van der Waals surface area (Å²) >= 11 is 0. The van der Waals surface area contributed by atoms with E-state index in [0.717, 1.165) is 28.7 Å². The largest absolute Gasteiger partial charge is 0.296 e. The van der Waals surface area contributed by atoms with Crippen molar-refractivity contribution >= 4 is 6.29 Å². The van der Waals surface area contributed by atoms with Crippen LogP contribution in [0.25, 0.3) is 11.3 Å². The Balaban J connectivity index is 1.97. The summed E-state index contributed by atoms with van der Waals surface area (Å²) in [6.07, 6.45) is 0.767. The van der Waals surface area contributed by atoms with Gasteiger partial charge in [0.15, 0.2) is 12.0 Å². The maximum atomic E-state index is 11.4. The lowest BCUT2D eigenvalue weighted by atomic mass is 10.0. The highest BCUT2D eigenvalue weighted by Crippen LogP contribution is 2.23. The molecule has 0 amide bonds. The molecule has 1 heterocycles. The first-order chi connectivity index (χ1) is 11.6. The number of benzene rings is 2. The Morgan fingerprint density at radius 3 is 2.50 bits per heavy atom. The zero-order valence-corrected chi connectivity index (χ0v) is 14.2. The molecule has 3 aromatic rings. The van der Waals surface area contributed by atoms with Crippen molar-refractivity contribution in [1.29, 1.82) is 0 Å². The Morgan fingerprint density at radius 2 is 1.88 bits per heavy atom. The first-order valence-corrected chi connectivity index (χ1v) is 8.13. The third-order valence-electron chi connectivity index (χ3n) is 4.14. The van der Waals surface area contributed by atoms with Gasteiger partial charge in [0.05, 0.1) is 12.2 Å². The maximum absolute atomic E-state index is 11.4. The second-order valence-corrected chi connectivity index (χ2v) is 6.36. The lowest BCUT2D eigenvalue weighted by molar-refractivity contribution is 0.111. The Hall–Kier alpha value is -2.75. The maximum Gasteiger partial charge on any atom is 0.172 e. The van der Waals surface area contributed by atoms with Gasteiger partial charge in [-0.05, 0) is 30.0 Å². The normalized spacial score (nSPS) is 11.0. The summed E-state index contributed by atoms with van der Waals surface area (Å²) in [6, 6.07) is 16.5. The predicted molar refractivity (Wildman–Crippen MR) is 95.2 cm³/mol. The monoisotopic (exact) mass is 319 g/mol. The standard InChI is InChI=1S/C20H21N3O/c1-14(2)17-9-7-16(8-10-17)12-23-20(19(13-24)21-22-23)18-6-4-5-15(3)11-18/h4-11,13-14H,12H2,1-3H3. The zero-order chi connectivity index (χ0) is 17.1. The van der Waals surface area contributed by atoms with Crippen molar-refractivity contribution < 1.29 is 4.79 Å². The van der Waals surface area contributed by atoms with Gasteiger partial charge in [-0.1, -0.05) is 67.1 Å². The van der Waals surface area contributed by atoms with Crippen molar-refractivity contribution in [3.8, 4) is 11.3 Å². The number of rotatable bonds is 5. The Labute approximate surface area is 142 Å². The molecule has 0 aliphatic rings. The topological polar surface area (TPSA) is 47.8 Å². The van der Waals surface area contributed by atoms with E-state index in [1.807, 2.05) is 31.2 Å². The number of hydrogen-bond donors (Lipinski definition) is 0. The van der Waals surface area contributed by atoms with Gasteiger partial charge >= 0.3 is 0 Å². The van der Waals surface area contributed by atoms with Crippen LogP contribution in [-0.2, 0) is 6.54 Å². The molecule has 0 N–H and O–H groups in total. The van der Waals surface area contributed by atoms with Crippen LogP contribution in [0.15, 0.2) is 48.5 Å². The summed E-state index contributed by atoms with van der Waals surface area (Å²) in [5.41, 5.74) is 5.68. The number of carbonyl (C=O) groups is 1. The molecule has 4 heteroatoms. The van der Waals surface area contributed by atoms with Crippen LogP contribution in [0, 0.1) is 6.92 Å². The second-order valence-electron chi connectivity index (χ2n) is 6.36. The zero-order valence-electron chi connectivity index (χ0n) is 14.2. The smallest absolute Gasteiger partial charge is 0.172 e.